The van der Waals surface area contributed by atoms with Gasteiger partial charge < -0.3 is 9.64 Å². The van der Waals surface area contributed by atoms with Gasteiger partial charge in [-0.25, -0.2) is 0 Å². The summed E-state index contributed by atoms with van der Waals surface area (Å²) in [5.41, 5.74) is 1.05. The van der Waals surface area contributed by atoms with Gasteiger partial charge in [-0.2, -0.15) is 0 Å². The van der Waals surface area contributed by atoms with Crippen LogP contribution in [0.3, 0.4) is 0 Å². The number of carbonyl (C=O) groups is 1. The predicted molar refractivity (Wildman–Crippen MR) is 77.1 cm³/mol. The summed E-state index contributed by atoms with van der Waals surface area (Å²) in [6.07, 6.45) is 3.14. The van der Waals surface area contributed by atoms with Gasteiger partial charge in [0, 0.05) is 6.61 Å². The lowest BCUT2D eigenvalue weighted by atomic mass is 10.1. The van der Waals surface area contributed by atoms with Crippen LogP contribution < -0.4 is 5.32 Å². The van der Waals surface area contributed by atoms with Crippen molar-refractivity contribution in [2.24, 2.45) is 0 Å². The summed E-state index contributed by atoms with van der Waals surface area (Å²) in [5.74, 6) is 0.193. The molecule has 108 valence electrons. The number of nitrogens with one attached hydrogen (secondary N) is 1. The van der Waals surface area contributed by atoms with Crippen LogP contribution in [0.5, 0.6) is 0 Å². The number of nitrogens with zero attached hydrogens (tertiary/aromatic N) is 1. The van der Waals surface area contributed by atoms with Crippen molar-refractivity contribution >= 4 is 5.91 Å². The molecule has 0 spiro atoms. The van der Waals surface area contributed by atoms with Gasteiger partial charge in [0.15, 0.2) is 0 Å². The first-order chi connectivity index (χ1) is 9.81. The van der Waals surface area contributed by atoms with E-state index in [0.717, 1.165) is 31.4 Å². The van der Waals surface area contributed by atoms with Crippen LogP contribution in [0, 0.1) is 0 Å². The third kappa shape index (κ3) is 2.45. The lowest BCUT2D eigenvalue weighted by Gasteiger charge is -2.34. The molecule has 3 atom stereocenters. The fourth-order valence-electron chi connectivity index (χ4n) is 3.22. The van der Waals surface area contributed by atoms with Crippen LogP contribution in [-0.2, 0) is 9.53 Å². The van der Waals surface area contributed by atoms with E-state index in [2.05, 4.69) is 12.2 Å². The topological polar surface area (TPSA) is 41.6 Å². The first kappa shape index (κ1) is 13.6. The molecular weight excluding hydrogens is 252 g/mol. The molecule has 20 heavy (non-hydrogen) atoms. The van der Waals surface area contributed by atoms with E-state index in [4.69, 9.17) is 4.74 Å². The highest BCUT2D eigenvalue weighted by Crippen LogP contribution is 2.29. The number of amides is 1. The van der Waals surface area contributed by atoms with Gasteiger partial charge in [-0.3, -0.25) is 10.1 Å². The Labute approximate surface area is 120 Å². The smallest absolute Gasteiger partial charge is 0.245 e. The van der Waals surface area contributed by atoms with Crippen molar-refractivity contribution in [3.8, 4) is 0 Å². The molecule has 0 radical (unpaired) electrons. The number of ether oxygens (including phenoxy) is 1. The van der Waals surface area contributed by atoms with Gasteiger partial charge in [-0.15, -0.1) is 0 Å². The summed E-state index contributed by atoms with van der Waals surface area (Å²) < 4.78 is 5.55. The van der Waals surface area contributed by atoms with Crippen LogP contribution in [0.4, 0.5) is 0 Å². The molecule has 1 N–H and O–H groups in total. The first-order valence-electron chi connectivity index (χ1n) is 7.52. The van der Waals surface area contributed by atoms with Crippen LogP contribution in [0.1, 0.15) is 37.8 Å². The summed E-state index contributed by atoms with van der Waals surface area (Å²) in [6.45, 7) is 3.62. The van der Waals surface area contributed by atoms with Crippen molar-refractivity contribution in [3.63, 3.8) is 0 Å². The summed E-state index contributed by atoms with van der Waals surface area (Å²) in [7, 11) is 0. The Hall–Kier alpha value is -1.39. The lowest BCUT2D eigenvalue weighted by Crippen LogP contribution is -2.48. The molecule has 1 amide bonds. The Morgan fingerprint density at radius 1 is 1.35 bits per heavy atom. The molecule has 2 aliphatic heterocycles. The molecule has 2 fully saturated rings. The molecule has 0 aromatic heterocycles. The van der Waals surface area contributed by atoms with Crippen LogP contribution >= 0.6 is 0 Å². The molecule has 0 aliphatic carbocycles. The molecule has 2 saturated heterocycles. The minimum Gasteiger partial charge on any atom is -0.379 e. The summed E-state index contributed by atoms with van der Waals surface area (Å²) in [5, 5.41) is 3.47. The third-order valence-electron chi connectivity index (χ3n) is 4.25. The minimum absolute atomic E-state index is 0.124. The van der Waals surface area contributed by atoms with Gasteiger partial charge in [0.1, 0.15) is 6.04 Å². The SMILES string of the molecule is CCC1NC(c2ccccc2)C(=O)N1C1CCCOC1. The van der Waals surface area contributed by atoms with E-state index in [1.165, 1.54) is 0 Å². The predicted octanol–water partition coefficient (Wildman–Crippen LogP) is 2.07. The molecule has 0 bridgehead atoms. The number of hydrogen-bond donors (Lipinski definition) is 1. The third-order valence-corrected chi connectivity index (χ3v) is 4.25. The zero-order valence-electron chi connectivity index (χ0n) is 11.9. The standard InChI is InChI=1S/C16H22N2O2/c1-2-14-17-15(12-7-4-3-5-8-12)16(19)18(14)13-9-6-10-20-11-13/h3-5,7-8,13-15,17H,2,6,9-11H2,1H3. The second-order valence-corrected chi connectivity index (χ2v) is 5.55. The van der Waals surface area contributed by atoms with Gasteiger partial charge in [-0.1, -0.05) is 37.3 Å². The highest BCUT2D eigenvalue weighted by Gasteiger charge is 2.42. The van der Waals surface area contributed by atoms with Crippen molar-refractivity contribution in [1.29, 1.82) is 0 Å². The maximum atomic E-state index is 12.8. The average Bonchev–Trinajstić information content (AvgIpc) is 2.86. The van der Waals surface area contributed by atoms with E-state index >= 15 is 0 Å². The maximum Gasteiger partial charge on any atom is 0.245 e. The Kier molecular flexibility index (Phi) is 4.03. The maximum absolute atomic E-state index is 12.8. The zero-order chi connectivity index (χ0) is 13.9. The quantitative estimate of drug-likeness (QED) is 0.917. The summed E-state index contributed by atoms with van der Waals surface area (Å²) in [6, 6.07) is 10.00. The van der Waals surface area contributed by atoms with Crippen molar-refractivity contribution in [2.45, 2.75) is 44.4 Å². The van der Waals surface area contributed by atoms with Crippen molar-refractivity contribution < 1.29 is 9.53 Å². The van der Waals surface area contributed by atoms with E-state index in [-0.39, 0.29) is 24.2 Å². The van der Waals surface area contributed by atoms with E-state index in [9.17, 15) is 4.79 Å². The molecular formula is C16H22N2O2. The zero-order valence-corrected chi connectivity index (χ0v) is 11.9. The fourth-order valence-corrected chi connectivity index (χ4v) is 3.22. The van der Waals surface area contributed by atoms with Crippen LogP contribution in [0.25, 0.3) is 0 Å². The number of rotatable bonds is 3. The lowest BCUT2D eigenvalue weighted by molar-refractivity contribution is -0.135. The van der Waals surface area contributed by atoms with Crippen molar-refractivity contribution in [2.75, 3.05) is 13.2 Å². The monoisotopic (exact) mass is 274 g/mol. The van der Waals surface area contributed by atoms with E-state index in [1.807, 2.05) is 35.2 Å². The normalized spacial score (nSPS) is 30.8. The highest BCUT2D eigenvalue weighted by atomic mass is 16.5. The Bertz CT molecular complexity index is 457. The van der Waals surface area contributed by atoms with Gasteiger partial charge in [0.05, 0.1) is 18.8 Å². The van der Waals surface area contributed by atoms with Crippen LogP contribution in [0.15, 0.2) is 30.3 Å². The van der Waals surface area contributed by atoms with Gasteiger partial charge in [0.2, 0.25) is 5.91 Å². The Morgan fingerprint density at radius 3 is 2.80 bits per heavy atom. The second kappa shape index (κ2) is 5.94. The number of hydrogen-bond acceptors (Lipinski definition) is 3. The van der Waals surface area contributed by atoms with E-state index in [1.54, 1.807) is 0 Å². The molecule has 1 aromatic carbocycles. The molecule has 0 saturated carbocycles. The second-order valence-electron chi connectivity index (χ2n) is 5.55. The number of benzene rings is 1. The largest absolute Gasteiger partial charge is 0.379 e. The average molecular weight is 274 g/mol. The van der Waals surface area contributed by atoms with Gasteiger partial charge in [-0.05, 0) is 24.8 Å². The molecule has 4 heteroatoms. The van der Waals surface area contributed by atoms with E-state index < -0.39 is 0 Å². The van der Waals surface area contributed by atoms with E-state index in [0.29, 0.717) is 6.61 Å². The van der Waals surface area contributed by atoms with Crippen molar-refractivity contribution in [1.82, 2.24) is 10.2 Å². The minimum atomic E-state index is -0.205. The molecule has 2 aliphatic rings. The van der Waals surface area contributed by atoms with Crippen LogP contribution in [0.2, 0.25) is 0 Å². The number of carbonyl (C=O) groups excluding carboxylic acids is 1. The van der Waals surface area contributed by atoms with Gasteiger partial charge >= 0.3 is 0 Å². The highest BCUT2D eigenvalue weighted by molar-refractivity contribution is 5.86. The molecule has 2 heterocycles. The van der Waals surface area contributed by atoms with Crippen molar-refractivity contribution in [3.05, 3.63) is 35.9 Å². The fraction of sp³-hybridized carbons (Fsp3) is 0.562. The molecule has 4 nitrogen and oxygen atoms in total. The van der Waals surface area contributed by atoms with Crippen LogP contribution in [-0.4, -0.2) is 36.2 Å². The first-order valence-corrected chi connectivity index (χ1v) is 7.52. The summed E-state index contributed by atoms with van der Waals surface area (Å²) in [4.78, 5) is 14.8. The van der Waals surface area contributed by atoms with Gasteiger partial charge in [0.25, 0.3) is 0 Å². The molecule has 3 rings (SSSR count). The molecule has 1 aromatic rings. The Morgan fingerprint density at radius 2 is 2.15 bits per heavy atom. The Balaban J connectivity index is 1.81. The summed E-state index contributed by atoms with van der Waals surface area (Å²) >= 11 is 0. The molecule has 3 unspecified atom stereocenters.